The molecule has 0 saturated carbocycles. The molecule has 1 aromatic carbocycles. The fourth-order valence-corrected chi connectivity index (χ4v) is 1.73. The van der Waals surface area contributed by atoms with Crippen LogP contribution in [-0.2, 0) is 4.74 Å². The molecule has 0 aliphatic rings. The van der Waals surface area contributed by atoms with Crippen LogP contribution >= 0.6 is 15.9 Å². The summed E-state index contributed by atoms with van der Waals surface area (Å²) in [5.74, 6) is 0.820. The summed E-state index contributed by atoms with van der Waals surface area (Å²) in [6, 6.07) is 8.16. The number of halogens is 1. The number of nitrogens with two attached hydrogens (primary N) is 1. The summed E-state index contributed by atoms with van der Waals surface area (Å²) >= 11 is 3.37. The average Bonchev–Trinajstić information content (AvgIpc) is 2.38. The number of quaternary nitrogens is 1. The number of aliphatic hydroxyl groups excluding tert-OH is 1. The van der Waals surface area contributed by atoms with Crippen LogP contribution in [0.5, 0.6) is 5.75 Å². The molecular weight excluding hydrogens is 310 g/mol. The summed E-state index contributed by atoms with van der Waals surface area (Å²) in [7, 11) is 0. The molecule has 0 saturated heterocycles. The molecule has 1 aromatic rings. The molecule has 4 nitrogen and oxygen atoms in total. The van der Waals surface area contributed by atoms with Crippen molar-refractivity contribution < 1.29 is 19.9 Å². The number of hydrogen-bond donors (Lipinski definition) is 2. The molecule has 0 unspecified atom stereocenters. The lowest BCUT2D eigenvalue weighted by Crippen LogP contribution is -2.90. The molecule has 0 aromatic heterocycles. The van der Waals surface area contributed by atoms with Crippen molar-refractivity contribution in [2.45, 2.75) is 26.0 Å². The first-order valence-electron chi connectivity index (χ1n) is 6.55. The van der Waals surface area contributed by atoms with Crippen LogP contribution < -0.4 is 10.1 Å². The highest BCUT2D eigenvalue weighted by atomic mass is 79.9. The van der Waals surface area contributed by atoms with E-state index in [0.717, 1.165) is 10.2 Å². The zero-order chi connectivity index (χ0) is 14.1. The van der Waals surface area contributed by atoms with Crippen LogP contribution in [0.25, 0.3) is 0 Å². The van der Waals surface area contributed by atoms with Crippen LogP contribution in [0, 0.1) is 0 Å². The SMILES string of the molecule is CC(C)[NH2+]C[C@H](O)COCCOc1ccc(Br)cc1. The molecular formula is C14H23BrNO3+. The van der Waals surface area contributed by atoms with Gasteiger partial charge in [0, 0.05) is 4.47 Å². The van der Waals surface area contributed by atoms with Gasteiger partial charge in [0.2, 0.25) is 0 Å². The van der Waals surface area contributed by atoms with Crippen molar-refractivity contribution >= 4 is 15.9 Å². The second-order valence-corrected chi connectivity index (χ2v) is 5.66. The maximum atomic E-state index is 9.64. The number of aliphatic hydroxyl groups is 1. The Morgan fingerprint density at radius 3 is 2.53 bits per heavy atom. The van der Waals surface area contributed by atoms with Gasteiger partial charge in [0.1, 0.15) is 25.0 Å². The minimum Gasteiger partial charge on any atom is -0.491 e. The molecule has 0 fully saturated rings. The van der Waals surface area contributed by atoms with Crippen LogP contribution in [-0.4, -0.2) is 43.6 Å². The van der Waals surface area contributed by atoms with Gasteiger partial charge in [-0.05, 0) is 38.1 Å². The second-order valence-electron chi connectivity index (χ2n) is 4.75. The number of benzene rings is 1. The lowest BCUT2D eigenvalue weighted by Gasteiger charge is -2.12. The smallest absolute Gasteiger partial charge is 0.126 e. The van der Waals surface area contributed by atoms with Gasteiger partial charge in [0.25, 0.3) is 0 Å². The molecule has 0 bridgehead atoms. The summed E-state index contributed by atoms with van der Waals surface area (Å²) in [5.41, 5.74) is 0. The quantitative estimate of drug-likeness (QED) is 0.667. The first-order chi connectivity index (χ1) is 9.08. The van der Waals surface area contributed by atoms with Crippen molar-refractivity contribution in [3.05, 3.63) is 28.7 Å². The second kappa shape index (κ2) is 9.31. The zero-order valence-electron chi connectivity index (χ0n) is 11.5. The van der Waals surface area contributed by atoms with Gasteiger partial charge in [-0.25, -0.2) is 0 Å². The van der Waals surface area contributed by atoms with Gasteiger partial charge in [-0.15, -0.1) is 0 Å². The summed E-state index contributed by atoms with van der Waals surface area (Å²) in [4.78, 5) is 0. The van der Waals surface area contributed by atoms with Crippen molar-refractivity contribution in [3.63, 3.8) is 0 Å². The summed E-state index contributed by atoms with van der Waals surface area (Å²) in [5, 5.41) is 11.7. The van der Waals surface area contributed by atoms with E-state index in [0.29, 0.717) is 32.4 Å². The van der Waals surface area contributed by atoms with Crippen LogP contribution in [0.15, 0.2) is 28.7 Å². The molecule has 0 heterocycles. The van der Waals surface area contributed by atoms with E-state index in [2.05, 4.69) is 35.1 Å². The highest BCUT2D eigenvalue weighted by molar-refractivity contribution is 9.10. The Morgan fingerprint density at radius 1 is 1.21 bits per heavy atom. The number of ether oxygens (including phenoxy) is 2. The third-order valence-corrected chi connectivity index (χ3v) is 3.03. The third-order valence-electron chi connectivity index (χ3n) is 2.50. The van der Waals surface area contributed by atoms with Gasteiger partial charge >= 0.3 is 0 Å². The van der Waals surface area contributed by atoms with E-state index in [4.69, 9.17) is 9.47 Å². The summed E-state index contributed by atoms with van der Waals surface area (Å²) in [6.07, 6.45) is -0.421. The van der Waals surface area contributed by atoms with Crippen molar-refractivity contribution in [2.24, 2.45) is 0 Å². The highest BCUT2D eigenvalue weighted by Crippen LogP contribution is 2.15. The Hall–Kier alpha value is -0.620. The van der Waals surface area contributed by atoms with Crippen molar-refractivity contribution in [3.8, 4) is 5.75 Å². The molecule has 19 heavy (non-hydrogen) atoms. The average molecular weight is 333 g/mol. The Morgan fingerprint density at radius 2 is 1.89 bits per heavy atom. The lowest BCUT2D eigenvalue weighted by molar-refractivity contribution is -0.688. The molecule has 3 N–H and O–H groups in total. The number of hydrogen-bond acceptors (Lipinski definition) is 3. The Kier molecular flexibility index (Phi) is 8.05. The zero-order valence-corrected chi connectivity index (χ0v) is 13.1. The maximum absolute atomic E-state index is 9.64. The first kappa shape index (κ1) is 16.4. The normalized spacial score (nSPS) is 12.7. The van der Waals surface area contributed by atoms with E-state index in [-0.39, 0.29) is 0 Å². The Labute approximate surface area is 123 Å². The fraction of sp³-hybridized carbons (Fsp3) is 0.571. The first-order valence-corrected chi connectivity index (χ1v) is 7.34. The lowest BCUT2D eigenvalue weighted by atomic mass is 10.3. The molecule has 0 amide bonds. The van der Waals surface area contributed by atoms with Crippen LogP contribution in [0.2, 0.25) is 0 Å². The summed E-state index contributed by atoms with van der Waals surface area (Å²) in [6.45, 7) is 6.19. The van der Waals surface area contributed by atoms with Crippen molar-refractivity contribution in [1.82, 2.24) is 0 Å². The van der Waals surface area contributed by atoms with Crippen LogP contribution in [0.3, 0.4) is 0 Å². The van der Waals surface area contributed by atoms with Gasteiger partial charge < -0.3 is 19.9 Å². The van der Waals surface area contributed by atoms with Crippen LogP contribution in [0.4, 0.5) is 0 Å². The van der Waals surface area contributed by atoms with Gasteiger partial charge in [-0.2, -0.15) is 0 Å². The van der Waals surface area contributed by atoms with Crippen molar-refractivity contribution in [2.75, 3.05) is 26.4 Å². The molecule has 0 aliphatic carbocycles. The minimum atomic E-state index is -0.421. The van der Waals surface area contributed by atoms with E-state index < -0.39 is 6.10 Å². The van der Waals surface area contributed by atoms with Gasteiger partial charge in [-0.1, -0.05) is 15.9 Å². The molecule has 5 heteroatoms. The largest absolute Gasteiger partial charge is 0.491 e. The van der Waals surface area contributed by atoms with E-state index in [1.54, 1.807) is 0 Å². The molecule has 0 spiro atoms. The summed E-state index contributed by atoms with van der Waals surface area (Å²) < 4.78 is 11.9. The number of rotatable bonds is 9. The van der Waals surface area contributed by atoms with Crippen LogP contribution in [0.1, 0.15) is 13.8 Å². The molecule has 108 valence electrons. The highest BCUT2D eigenvalue weighted by Gasteiger charge is 2.07. The van der Waals surface area contributed by atoms with Gasteiger partial charge in [-0.3, -0.25) is 0 Å². The molecule has 1 atom stereocenters. The van der Waals surface area contributed by atoms with E-state index in [9.17, 15) is 5.11 Å². The van der Waals surface area contributed by atoms with Crippen molar-refractivity contribution in [1.29, 1.82) is 0 Å². The van der Waals surface area contributed by atoms with Gasteiger partial charge in [0.15, 0.2) is 0 Å². The topological polar surface area (TPSA) is 55.3 Å². The monoisotopic (exact) mass is 332 g/mol. The molecule has 1 rings (SSSR count). The van der Waals surface area contributed by atoms with Gasteiger partial charge in [0.05, 0.1) is 19.3 Å². The van der Waals surface area contributed by atoms with E-state index in [1.165, 1.54) is 0 Å². The standard InChI is InChI=1S/C14H22BrNO3/c1-11(2)16-9-13(17)10-18-7-8-19-14-5-3-12(15)4-6-14/h3-6,11,13,16-17H,7-10H2,1-2H3/p+1/t13-/m0/s1. The molecule has 0 radical (unpaired) electrons. The Bertz CT molecular complexity index is 343. The van der Waals surface area contributed by atoms with E-state index in [1.807, 2.05) is 24.3 Å². The maximum Gasteiger partial charge on any atom is 0.126 e. The third kappa shape index (κ3) is 8.21. The molecule has 0 aliphatic heterocycles. The predicted molar refractivity (Wildman–Crippen MR) is 78.4 cm³/mol. The fourth-order valence-electron chi connectivity index (χ4n) is 1.47. The Balaban J connectivity index is 2.03. The predicted octanol–water partition coefficient (Wildman–Crippen LogP) is 1.18. The minimum absolute atomic E-state index is 0.354. The van der Waals surface area contributed by atoms with E-state index >= 15 is 0 Å².